The molecule has 1 saturated carbocycles. The molecule has 0 radical (unpaired) electrons. The summed E-state index contributed by atoms with van der Waals surface area (Å²) in [5, 5.41) is 41.8. The van der Waals surface area contributed by atoms with Crippen molar-refractivity contribution in [3.8, 4) is 0 Å². The van der Waals surface area contributed by atoms with Crippen molar-refractivity contribution in [2.75, 3.05) is 7.11 Å². The van der Waals surface area contributed by atoms with Crippen LogP contribution in [0.15, 0.2) is 24.3 Å². The smallest absolute Gasteiger partial charge is 0.323 e. The van der Waals surface area contributed by atoms with Crippen LogP contribution in [-0.2, 0) is 16.1 Å². The lowest BCUT2D eigenvalue weighted by atomic mass is 9.75. The highest BCUT2D eigenvalue weighted by Gasteiger charge is 2.62. The van der Waals surface area contributed by atoms with Crippen LogP contribution in [0.1, 0.15) is 18.4 Å². The van der Waals surface area contributed by atoms with Crippen molar-refractivity contribution in [1.82, 2.24) is 4.90 Å². The Balaban J connectivity index is 1.94. The number of rotatable bonds is 3. The molecule has 1 aliphatic carbocycles. The van der Waals surface area contributed by atoms with E-state index in [2.05, 4.69) is 0 Å². The molecule has 1 heterocycles. The SMILES string of the molecule is COC(=O)C1C[C@@]2(O)C(O)C(O)C(O)CC2N1Cc1ccc(Cl)cc1. The van der Waals surface area contributed by atoms with E-state index in [1.165, 1.54) is 7.11 Å². The van der Waals surface area contributed by atoms with Gasteiger partial charge in [-0.1, -0.05) is 23.7 Å². The summed E-state index contributed by atoms with van der Waals surface area (Å²) in [4.78, 5) is 13.9. The first kappa shape index (κ1) is 18.6. The molecule has 1 aromatic carbocycles. The second-order valence-electron chi connectivity index (χ2n) is 6.79. The van der Waals surface area contributed by atoms with Crippen molar-refractivity contribution < 1.29 is 30.0 Å². The summed E-state index contributed by atoms with van der Waals surface area (Å²) < 4.78 is 4.84. The lowest BCUT2D eigenvalue weighted by molar-refractivity contribution is -0.197. The van der Waals surface area contributed by atoms with Gasteiger partial charge >= 0.3 is 5.97 Å². The number of aliphatic hydroxyl groups excluding tert-OH is 3. The Morgan fingerprint density at radius 1 is 1.32 bits per heavy atom. The maximum Gasteiger partial charge on any atom is 0.323 e. The van der Waals surface area contributed by atoms with Crippen LogP contribution in [-0.4, -0.2) is 74.4 Å². The topological polar surface area (TPSA) is 110 Å². The van der Waals surface area contributed by atoms with Gasteiger partial charge in [-0.05, 0) is 24.1 Å². The molecule has 0 amide bonds. The number of ether oxygens (including phenoxy) is 1. The molecular weight excluding hydrogens is 350 g/mol. The minimum atomic E-state index is -1.70. The molecule has 3 rings (SSSR count). The standard InChI is InChI=1S/C17H22ClNO6/c1-25-16(23)11-7-17(24)13(6-12(20)14(21)15(17)22)19(11)8-9-2-4-10(18)5-3-9/h2-5,11-15,20-22,24H,6-8H2,1H3/t11?,12?,13?,14?,15?,17-/m0/s1. The van der Waals surface area contributed by atoms with E-state index >= 15 is 0 Å². The predicted molar refractivity (Wildman–Crippen MR) is 88.8 cm³/mol. The van der Waals surface area contributed by atoms with E-state index in [1.54, 1.807) is 29.2 Å². The van der Waals surface area contributed by atoms with Gasteiger partial charge in [0.25, 0.3) is 0 Å². The number of nitrogens with zero attached hydrogens (tertiary/aromatic N) is 1. The van der Waals surface area contributed by atoms with Crippen LogP contribution in [0.3, 0.4) is 0 Å². The fourth-order valence-corrected chi connectivity index (χ4v) is 4.10. The van der Waals surface area contributed by atoms with E-state index in [1.807, 2.05) is 0 Å². The Kier molecular flexibility index (Phi) is 5.07. The molecular formula is C17H22ClNO6. The number of halogens is 1. The van der Waals surface area contributed by atoms with E-state index in [9.17, 15) is 25.2 Å². The van der Waals surface area contributed by atoms with Crippen LogP contribution in [0, 0.1) is 0 Å². The Morgan fingerprint density at radius 3 is 2.56 bits per heavy atom. The zero-order valence-electron chi connectivity index (χ0n) is 13.7. The Bertz CT molecular complexity index is 641. The number of esters is 1. The van der Waals surface area contributed by atoms with Crippen LogP contribution < -0.4 is 0 Å². The van der Waals surface area contributed by atoms with Crippen LogP contribution in [0.25, 0.3) is 0 Å². The molecule has 0 bridgehead atoms. The van der Waals surface area contributed by atoms with E-state index in [-0.39, 0.29) is 12.8 Å². The number of likely N-dealkylation sites (tertiary alicyclic amines) is 1. The number of aliphatic hydroxyl groups is 4. The van der Waals surface area contributed by atoms with E-state index in [4.69, 9.17) is 16.3 Å². The van der Waals surface area contributed by atoms with Crippen molar-refractivity contribution in [2.24, 2.45) is 0 Å². The Morgan fingerprint density at radius 2 is 1.96 bits per heavy atom. The summed E-state index contributed by atoms with van der Waals surface area (Å²) in [6.07, 6.45) is -4.25. The highest BCUT2D eigenvalue weighted by molar-refractivity contribution is 6.30. The van der Waals surface area contributed by atoms with E-state index < -0.39 is 42.0 Å². The molecule has 7 nitrogen and oxygen atoms in total. The molecule has 25 heavy (non-hydrogen) atoms. The second-order valence-corrected chi connectivity index (χ2v) is 7.22. The first-order valence-electron chi connectivity index (χ1n) is 8.12. The zero-order valence-corrected chi connectivity index (χ0v) is 14.5. The number of benzene rings is 1. The van der Waals surface area contributed by atoms with E-state index in [0.717, 1.165) is 5.56 Å². The van der Waals surface area contributed by atoms with Gasteiger partial charge in [0, 0.05) is 24.0 Å². The molecule has 5 unspecified atom stereocenters. The number of fused-ring (bicyclic) bond motifs is 1. The predicted octanol–water partition coefficient (Wildman–Crippen LogP) is -0.327. The van der Waals surface area contributed by atoms with Crippen molar-refractivity contribution in [2.45, 2.75) is 55.4 Å². The summed E-state index contributed by atoms with van der Waals surface area (Å²) >= 11 is 5.90. The van der Waals surface area contributed by atoms with Crippen molar-refractivity contribution in [3.05, 3.63) is 34.9 Å². The monoisotopic (exact) mass is 371 g/mol. The van der Waals surface area contributed by atoms with E-state index in [0.29, 0.717) is 11.6 Å². The highest BCUT2D eigenvalue weighted by Crippen LogP contribution is 2.44. The average molecular weight is 372 g/mol. The van der Waals surface area contributed by atoms with Gasteiger partial charge in [-0.2, -0.15) is 0 Å². The molecule has 2 fully saturated rings. The molecule has 2 aliphatic rings. The molecule has 1 aromatic rings. The largest absolute Gasteiger partial charge is 0.468 e. The average Bonchev–Trinajstić information content (AvgIpc) is 2.88. The minimum Gasteiger partial charge on any atom is -0.468 e. The van der Waals surface area contributed by atoms with Crippen LogP contribution in [0.4, 0.5) is 0 Å². The minimum absolute atomic E-state index is 0.0375. The fraction of sp³-hybridized carbons (Fsp3) is 0.588. The van der Waals surface area contributed by atoms with Gasteiger partial charge in [0.2, 0.25) is 0 Å². The molecule has 0 aromatic heterocycles. The second kappa shape index (κ2) is 6.83. The maximum absolute atomic E-state index is 12.2. The van der Waals surface area contributed by atoms with Crippen LogP contribution in [0.5, 0.6) is 0 Å². The maximum atomic E-state index is 12.2. The van der Waals surface area contributed by atoms with Gasteiger partial charge in [-0.3, -0.25) is 9.69 Å². The summed E-state index contributed by atoms with van der Waals surface area (Å²) in [5.41, 5.74) is -0.845. The zero-order chi connectivity index (χ0) is 18.4. The number of carbonyl (C=O) groups excluding carboxylic acids is 1. The first-order valence-corrected chi connectivity index (χ1v) is 8.50. The third kappa shape index (κ3) is 3.16. The van der Waals surface area contributed by atoms with Gasteiger partial charge < -0.3 is 25.2 Å². The van der Waals surface area contributed by atoms with Crippen molar-refractivity contribution in [1.29, 1.82) is 0 Å². The Labute approximate surface area is 150 Å². The molecule has 4 N–H and O–H groups in total. The summed E-state index contributed by atoms with van der Waals surface area (Å²) in [5.74, 6) is -0.534. The summed E-state index contributed by atoms with van der Waals surface area (Å²) in [7, 11) is 1.26. The summed E-state index contributed by atoms with van der Waals surface area (Å²) in [6.45, 7) is 0.305. The van der Waals surface area contributed by atoms with Gasteiger partial charge in [-0.15, -0.1) is 0 Å². The summed E-state index contributed by atoms with van der Waals surface area (Å²) in [6, 6.07) is 5.57. The number of carbonyl (C=O) groups is 1. The lowest BCUT2D eigenvalue weighted by Crippen LogP contribution is -2.64. The van der Waals surface area contributed by atoms with Gasteiger partial charge in [0.05, 0.1) is 13.2 Å². The third-order valence-electron chi connectivity index (χ3n) is 5.34. The fourth-order valence-electron chi connectivity index (χ4n) is 3.97. The normalized spacial score (nSPS) is 38.4. The molecule has 6 atom stereocenters. The van der Waals surface area contributed by atoms with Gasteiger partial charge in [0.1, 0.15) is 23.9 Å². The lowest BCUT2D eigenvalue weighted by Gasteiger charge is -2.45. The highest BCUT2D eigenvalue weighted by atomic mass is 35.5. The van der Waals surface area contributed by atoms with Gasteiger partial charge in [-0.25, -0.2) is 0 Å². The third-order valence-corrected chi connectivity index (χ3v) is 5.60. The molecule has 8 heteroatoms. The first-order chi connectivity index (χ1) is 11.8. The van der Waals surface area contributed by atoms with Crippen molar-refractivity contribution >= 4 is 17.6 Å². The number of hydrogen-bond acceptors (Lipinski definition) is 7. The Hall–Kier alpha value is -1.22. The number of methoxy groups -OCH3 is 1. The number of hydrogen-bond donors (Lipinski definition) is 4. The molecule has 1 saturated heterocycles. The molecule has 0 spiro atoms. The van der Waals surface area contributed by atoms with Crippen LogP contribution >= 0.6 is 11.6 Å². The van der Waals surface area contributed by atoms with Gasteiger partial charge in [0.15, 0.2) is 0 Å². The molecule has 1 aliphatic heterocycles. The molecule has 138 valence electrons. The van der Waals surface area contributed by atoms with Crippen LogP contribution in [0.2, 0.25) is 5.02 Å². The quantitative estimate of drug-likeness (QED) is 0.539. The van der Waals surface area contributed by atoms with Crippen molar-refractivity contribution in [3.63, 3.8) is 0 Å².